The lowest BCUT2D eigenvalue weighted by Gasteiger charge is -2.25. The Labute approximate surface area is 325 Å². The van der Waals surface area contributed by atoms with Gasteiger partial charge >= 0.3 is 33.6 Å². The minimum absolute atomic E-state index is 0.00777. The van der Waals surface area contributed by atoms with Crippen molar-refractivity contribution < 1.29 is 65.3 Å². The molecule has 5 unspecified atom stereocenters. The third-order valence-electron chi connectivity index (χ3n) is 7.51. The molecule has 0 spiro atoms. The van der Waals surface area contributed by atoms with Crippen LogP contribution >= 0.6 is 38.7 Å². The van der Waals surface area contributed by atoms with Gasteiger partial charge in [-0.25, -0.2) is 24.5 Å². The van der Waals surface area contributed by atoms with Crippen molar-refractivity contribution in [3.05, 3.63) is 67.0 Å². The van der Waals surface area contributed by atoms with E-state index in [1.807, 2.05) is 6.26 Å². The van der Waals surface area contributed by atoms with Crippen molar-refractivity contribution in [3.8, 4) is 0 Å². The molecule has 56 heavy (non-hydrogen) atoms. The van der Waals surface area contributed by atoms with Crippen LogP contribution in [0.15, 0.2) is 72.1 Å². The Morgan fingerprint density at radius 1 is 0.929 bits per heavy atom. The van der Waals surface area contributed by atoms with Crippen molar-refractivity contribution in [2.45, 2.75) is 42.3 Å². The summed E-state index contributed by atoms with van der Waals surface area (Å²) in [5.41, 5.74) is 0.749. The smallest absolute Gasteiger partial charge is 0.412 e. The van der Waals surface area contributed by atoms with Crippen molar-refractivity contribution in [2.24, 2.45) is 0 Å². The summed E-state index contributed by atoms with van der Waals surface area (Å²) < 4.78 is 87.4. The second-order valence-electron chi connectivity index (χ2n) is 11.8. The number of imidazole rings is 1. The van der Waals surface area contributed by atoms with Gasteiger partial charge < -0.3 is 38.7 Å². The fourth-order valence-electron chi connectivity index (χ4n) is 5.18. The number of carbonyl (C=O) groups excluding carboxylic acids is 2. The number of hydrogen-bond donors (Lipinski definition) is 6. The molecule has 6 N–H and O–H groups in total. The number of amides is 2. The summed E-state index contributed by atoms with van der Waals surface area (Å²) in [5.74, 6) is -1.16. The number of nitrogens with zero attached hydrogens (tertiary/aromatic N) is 4. The van der Waals surface area contributed by atoms with Crippen molar-refractivity contribution in [1.29, 1.82) is 0 Å². The van der Waals surface area contributed by atoms with E-state index >= 15 is 0 Å². The predicted molar refractivity (Wildman–Crippen MR) is 201 cm³/mol. The van der Waals surface area contributed by atoms with Gasteiger partial charge in [0.1, 0.15) is 6.10 Å². The molecule has 5 rings (SSSR count). The summed E-state index contributed by atoms with van der Waals surface area (Å²) in [6.07, 6.45) is -11.0. The van der Waals surface area contributed by atoms with E-state index in [9.17, 15) is 46.6 Å². The second-order valence-corrected chi connectivity index (χ2v) is 17.9. The van der Waals surface area contributed by atoms with E-state index in [4.69, 9.17) is 18.7 Å². The first-order valence-electron chi connectivity index (χ1n) is 16.4. The van der Waals surface area contributed by atoms with Crippen LogP contribution in [-0.4, -0.2) is 108 Å². The van der Waals surface area contributed by atoms with Crippen molar-refractivity contribution >= 4 is 79.3 Å². The molecule has 1 fully saturated rings. The van der Waals surface area contributed by atoms with Crippen LogP contribution in [0.3, 0.4) is 0 Å². The van der Waals surface area contributed by atoms with Crippen LogP contribution in [-0.2, 0) is 27.9 Å². The highest BCUT2D eigenvalue weighted by molar-refractivity contribution is 7.99. The highest BCUT2D eigenvalue weighted by atomic mass is 32.2. The van der Waals surface area contributed by atoms with E-state index in [-0.39, 0.29) is 22.1 Å². The molecule has 304 valence electrons. The summed E-state index contributed by atoms with van der Waals surface area (Å²) in [6, 6.07) is 16.2. The number of hydrogen-bond acceptors (Lipinski definition) is 14. The molecule has 0 aliphatic carbocycles. The average molecular weight is 866 g/mol. The van der Waals surface area contributed by atoms with Gasteiger partial charge in [-0.1, -0.05) is 48.2 Å². The van der Waals surface area contributed by atoms with Gasteiger partial charge in [0.05, 0.1) is 19.4 Å². The molecule has 1 aliphatic heterocycles. The fraction of sp³-hybridized carbons (Fsp3) is 0.387. The minimum atomic E-state index is -5.06. The molecule has 4 aromatic rings. The molecule has 0 bridgehead atoms. The number of para-hydroxylation sites is 2. The van der Waals surface area contributed by atoms with Gasteiger partial charge in [-0.2, -0.15) is 24.9 Å². The minimum Gasteiger partial charge on any atom is -0.439 e. The van der Waals surface area contributed by atoms with Gasteiger partial charge in [0, 0.05) is 29.4 Å². The Morgan fingerprint density at radius 2 is 1.54 bits per heavy atom. The van der Waals surface area contributed by atoms with Crippen LogP contribution in [0.1, 0.15) is 12.6 Å². The van der Waals surface area contributed by atoms with E-state index < -0.39 is 82.8 Å². The molecule has 5 atom stereocenters. The Hall–Kier alpha value is -3.92. The number of rotatable bonds is 17. The maximum Gasteiger partial charge on any atom is 0.412 e. The zero-order valence-electron chi connectivity index (χ0n) is 29.1. The number of carbonyl (C=O) groups is 2. The number of fused-ring (bicyclic) bond motifs is 1. The largest absolute Gasteiger partial charge is 0.439 e. The van der Waals surface area contributed by atoms with E-state index in [0.29, 0.717) is 23.7 Å². The van der Waals surface area contributed by atoms with Crippen LogP contribution in [0.25, 0.3) is 11.2 Å². The number of benzene rings is 2. The molecule has 2 aromatic heterocycles. The summed E-state index contributed by atoms with van der Waals surface area (Å²) >= 11 is 2.24. The zero-order chi connectivity index (χ0) is 40.5. The van der Waals surface area contributed by atoms with E-state index in [2.05, 4.69) is 30.9 Å². The number of ether oxygens (including phenoxy) is 3. The van der Waals surface area contributed by atoms with Crippen molar-refractivity contribution in [1.82, 2.24) is 19.5 Å². The summed E-state index contributed by atoms with van der Waals surface area (Å²) in [5, 5.41) is 8.06. The van der Waals surface area contributed by atoms with E-state index in [1.165, 1.54) is 22.7 Å². The summed E-state index contributed by atoms with van der Waals surface area (Å²) in [4.78, 5) is 68.8. The maximum absolute atomic E-state index is 13.4. The Balaban J connectivity index is 1.56. The second kappa shape index (κ2) is 19.0. The quantitative estimate of drug-likeness (QED) is 0.0303. The normalized spacial score (nSPS) is 19.6. The van der Waals surface area contributed by atoms with Gasteiger partial charge in [-0.15, -0.1) is 0 Å². The third kappa shape index (κ3) is 12.8. The van der Waals surface area contributed by atoms with Crippen LogP contribution in [0.2, 0.25) is 0 Å². The molecular weight excluding hydrogens is 829 g/mol. The molecule has 25 heteroatoms. The first-order chi connectivity index (χ1) is 26.5. The van der Waals surface area contributed by atoms with E-state index in [0.717, 1.165) is 11.8 Å². The molecule has 1 saturated heterocycles. The number of nitrogens with one attached hydrogen (secondary N) is 3. The molecule has 2 amide bonds. The van der Waals surface area contributed by atoms with Crippen LogP contribution in [0, 0.1) is 0 Å². The number of thioether (sulfide) groups is 2. The van der Waals surface area contributed by atoms with E-state index in [1.54, 1.807) is 60.7 Å². The predicted octanol–water partition coefficient (Wildman–Crippen LogP) is 6.11. The van der Waals surface area contributed by atoms with Crippen molar-refractivity contribution in [2.75, 3.05) is 52.8 Å². The first kappa shape index (κ1) is 43.2. The van der Waals surface area contributed by atoms with Gasteiger partial charge in [-0.05, 0) is 30.5 Å². The molecular formula is C31H36F3N7O11P2S2. The zero-order valence-corrected chi connectivity index (χ0v) is 32.6. The summed E-state index contributed by atoms with van der Waals surface area (Å²) in [7, 11) is -10.1. The van der Waals surface area contributed by atoms with Crippen molar-refractivity contribution in [3.63, 3.8) is 0 Å². The molecule has 18 nitrogen and oxygen atoms in total. The molecule has 1 aliphatic rings. The number of alkyl halides is 3. The summed E-state index contributed by atoms with van der Waals surface area (Å²) in [6.45, 7) is -0.533. The Bertz CT molecular complexity index is 2050. The lowest BCUT2D eigenvalue weighted by molar-refractivity contribution is -0.129. The SMILES string of the molecule is CSCCNc1nc(SCCC(F)(F)F)nc2c1ncn2C1OC(COP(=O)(O)CP(=O)(O)O)C(OC(=O)Nc2ccccc2)C1OC(=O)Nc1ccccc1. The third-order valence-corrected chi connectivity index (χ3v) is 12.4. The first-order valence-corrected chi connectivity index (χ1v) is 22.3. The van der Waals surface area contributed by atoms with Gasteiger partial charge in [0.25, 0.3) is 0 Å². The molecule has 0 radical (unpaired) electrons. The van der Waals surface area contributed by atoms with Gasteiger partial charge in [-0.3, -0.25) is 24.3 Å². The standard InChI is InChI=1S/C31H36F3N7O11P2S2/c1-55-15-13-35-25-22-26(40-28(39-25)56-14-12-31(32,33)34)41(17-36-22)27-24(52-30(43)38-20-10-6-3-7-11-20)23(51-29(42)37-19-8-4-2-5-9-19)21(50-27)16-49-54(47,48)18-53(44,45)46/h2-11,17,21,23-24,27H,12-16,18H2,1H3,(H,37,42)(H,38,43)(H,47,48)(H,35,39,40)(H2,44,45,46). The Morgan fingerprint density at radius 3 is 2.11 bits per heavy atom. The molecule has 3 heterocycles. The van der Waals surface area contributed by atoms with Gasteiger partial charge in [0.2, 0.25) is 0 Å². The fourth-order valence-corrected chi connectivity index (χ4v) is 8.88. The van der Waals surface area contributed by atoms with Crippen LogP contribution < -0.4 is 16.0 Å². The lowest BCUT2D eigenvalue weighted by atomic mass is 10.1. The van der Waals surface area contributed by atoms with Crippen LogP contribution in [0.4, 0.5) is 40.0 Å². The monoisotopic (exact) mass is 865 g/mol. The number of halogens is 3. The topological polar surface area (TPSA) is 246 Å². The number of aromatic nitrogens is 4. The highest BCUT2D eigenvalue weighted by Crippen LogP contribution is 2.55. The molecule has 0 saturated carbocycles. The average Bonchev–Trinajstić information content (AvgIpc) is 3.67. The van der Waals surface area contributed by atoms with Crippen LogP contribution in [0.5, 0.6) is 0 Å². The Kier molecular flexibility index (Phi) is 14.7. The van der Waals surface area contributed by atoms with Gasteiger partial charge in [0.15, 0.2) is 46.5 Å². The number of anilines is 3. The highest BCUT2D eigenvalue weighted by Gasteiger charge is 2.52. The molecule has 2 aromatic carbocycles. The maximum atomic E-state index is 13.4. The lowest BCUT2D eigenvalue weighted by Crippen LogP contribution is -2.42.